The van der Waals surface area contributed by atoms with Gasteiger partial charge in [0, 0.05) is 6.20 Å². The van der Waals surface area contributed by atoms with E-state index in [0.717, 1.165) is 30.6 Å². The second-order valence-corrected chi connectivity index (χ2v) is 6.94. The highest BCUT2D eigenvalue weighted by atomic mass is 16.7. The average Bonchev–Trinajstić information content (AvgIpc) is 3.17. The molecule has 21 heavy (non-hydrogen) atoms. The molecule has 1 aromatic heterocycles. The van der Waals surface area contributed by atoms with Crippen LogP contribution in [0.15, 0.2) is 12.3 Å². The molecule has 0 aromatic carbocycles. The van der Waals surface area contributed by atoms with E-state index in [0.29, 0.717) is 6.10 Å². The monoisotopic (exact) mass is 289 g/mol. The van der Waals surface area contributed by atoms with E-state index >= 15 is 0 Å². The summed E-state index contributed by atoms with van der Waals surface area (Å²) in [7, 11) is -0.463. The van der Waals surface area contributed by atoms with E-state index < -0.39 is 7.12 Å². The Morgan fingerprint density at radius 1 is 1.24 bits per heavy atom. The lowest BCUT2D eigenvalue weighted by atomic mass is 9.82. The fraction of sp³-hybridized carbons (Fsp3) is 0.688. The number of hydrogen-bond donors (Lipinski definition) is 0. The maximum atomic E-state index is 6.13. The number of nitrogens with zero attached hydrogens (tertiary/aromatic N) is 1. The fourth-order valence-electron chi connectivity index (χ4n) is 2.40. The summed E-state index contributed by atoms with van der Waals surface area (Å²) in [6, 6.07) is 2.02. The molecule has 0 unspecified atom stereocenters. The van der Waals surface area contributed by atoms with Crippen LogP contribution in [0.4, 0.5) is 0 Å². The second-order valence-electron chi connectivity index (χ2n) is 6.94. The van der Waals surface area contributed by atoms with Crippen LogP contribution in [-0.4, -0.2) is 29.4 Å². The van der Waals surface area contributed by atoms with Gasteiger partial charge in [-0.15, -0.1) is 0 Å². The van der Waals surface area contributed by atoms with Gasteiger partial charge in [0.05, 0.1) is 17.3 Å². The third-order valence-corrected chi connectivity index (χ3v) is 4.68. The molecule has 3 rings (SSSR count). The number of rotatable bonds is 4. The van der Waals surface area contributed by atoms with E-state index in [1.165, 1.54) is 5.56 Å². The maximum absolute atomic E-state index is 6.13. The molecule has 1 aromatic rings. The van der Waals surface area contributed by atoms with Crippen molar-refractivity contribution in [3.8, 4) is 5.75 Å². The van der Waals surface area contributed by atoms with Gasteiger partial charge < -0.3 is 14.0 Å². The zero-order chi connectivity index (χ0) is 15.3. The quantitative estimate of drug-likeness (QED) is 0.798. The van der Waals surface area contributed by atoms with E-state index in [-0.39, 0.29) is 11.2 Å². The van der Waals surface area contributed by atoms with Crippen molar-refractivity contribution in [3.63, 3.8) is 0 Å². The zero-order valence-electron chi connectivity index (χ0n) is 13.6. The van der Waals surface area contributed by atoms with Crippen molar-refractivity contribution in [1.82, 2.24) is 4.98 Å². The lowest BCUT2D eigenvalue weighted by Gasteiger charge is -2.32. The number of aromatic nitrogens is 1. The van der Waals surface area contributed by atoms with Gasteiger partial charge in [0.1, 0.15) is 11.3 Å². The Balaban J connectivity index is 1.95. The molecular weight excluding hydrogens is 265 g/mol. The summed E-state index contributed by atoms with van der Waals surface area (Å²) in [4.78, 5) is 4.51. The van der Waals surface area contributed by atoms with E-state index in [2.05, 4.69) is 39.6 Å². The molecule has 0 atom stereocenters. The topological polar surface area (TPSA) is 40.6 Å². The van der Waals surface area contributed by atoms with Crippen LogP contribution in [0.2, 0.25) is 0 Å². The van der Waals surface area contributed by atoms with Crippen LogP contribution in [-0.2, 0) is 15.7 Å². The van der Waals surface area contributed by atoms with Crippen molar-refractivity contribution in [3.05, 3.63) is 17.8 Å². The van der Waals surface area contributed by atoms with Crippen molar-refractivity contribution in [2.45, 2.75) is 71.2 Å². The van der Waals surface area contributed by atoms with Gasteiger partial charge in [0.25, 0.3) is 0 Å². The van der Waals surface area contributed by atoms with Crippen molar-refractivity contribution in [2.75, 3.05) is 0 Å². The minimum atomic E-state index is -0.463. The molecule has 2 heterocycles. The summed E-state index contributed by atoms with van der Waals surface area (Å²) in [6.45, 7) is 10.3. The molecule has 1 aliphatic carbocycles. The van der Waals surface area contributed by atoms with Crippen LogP contribution >= 0.6 is 0 Å². The van der Waals surface area contributed by atoms with E-state index in [4.69, 9.17) is 14.0 Å². The summed E-state index contributed by atoms with van der Waals surface area (Å²) in [5, 5.41) is 0. The van der Waals surface area contributed by atoms with Crippen molar-refractivity contribution in [2.24, 2.45) is 0 Å². The van der Waals surface area contributed by atoms with Crippen molar-refractivity contribution >= 4 is 12.7 Å². The molecule has 0 spiro atoms. The minimum absolute atomic E-state index is 0.334. The van der Waals surface area contributed by atoms with E-state index in [1.54, 1.807) is 0 Å². The molecule has 0 N–H and O–H groups in total. The number of pyridine rings is 1. The van der Waals surface area contributed by atoms with Gasteiger partial charge in [0.15, 0.2) is 0 Å². The molecule has 2 fully saturated rings. The Morgan fingerprint density at radius 2 is 1.86 bits per heavy atom. The average molecular weight is 289 g/mol. The molecule has 0 amide bonds. The highest BCUT2D eigenvalue weighted by molar-refractivity contribution is 6.62. The molecule has 4 nitrogen and oxygen atoms in total. The summed E-state index contributed by atoms with van der Waals surface area (Å²) in [5.74, 6) is 0.862. The first-order chi connectivity index (χ1) is 9.84. The Bertz CT molecular complexity index is 524. The molecule has 1 saturated heterocycles. The molecule has 114 valence electrons. The minimum Gasteiger partial charge on any atom is -0.489 e. The lowest BCUT2D eigenvalue weighted by Crippen LogP contribution is -2.41. The lowest BCUT2D eigenvalue weighted by molar-refractivity contribution is 0.00578. The molecular formula is C16H24BNO3. The fourth-order valence-corrected chi connectivity index (χ4v) is 2.40. The molecule has 2 aliphatic rings. The Morgan fingerprint density at radius 3 is 2.38 bits per heavy atom. The molecule has 0 radical (unpaired) electrons. The van der Waals surface area contributed by atoms with Crippen LogP contribution < -0.4 is 10.3 Å². The van der Waals surface area contributed by atoms with Crippen LogP contribution in [0.5, 0.6) is 5.75 Å². The van der Waals surface area contributed by atoms with Crippen LogP contribution in [0.3, 0.4) is 0 Å². The number of ether oxygens (including phenoxy) is 1. The first-order valence-electron chi connectivity index (χ1n) is 7.84. The highest BCUT2D eigenvalue weighted by Gasteiger charge is 2.53. The molecule has 0 bridgehead atoms. The standard InChI is InChI=1S/C16H24BNO3/c1-6-11-9-10-18-14(13(11)19-12-7-8-12)17-20-15(2,3)16(4,5)21-17/h9-10,12H,6-8H2,1-5H3. The third-order valence-electron chi connectivity index (χ3n) is 4.68. The van der Waals surface area contributed by atoms with Gasteiger partial charge in [-0.3, -0.25) is 4.98 Å². The normalized spacial score (nSPS) is 23.4. The first-order valence-corrected chi connectivity index (χ1v) is 7.84. The SMILES string of the molecule is CCc1ccnc(B2OC(C)(C)C(C)(C)O2)c1OC1CC1. The van der Waals surface area contributed by atoms with Gasteiger partial charge >= 0.3 is 7.12 Å². The molecule has 5 heteroatoms. The van der Waals surface area contributed by atoms with Crippen molar-refractivity contribution in [1.29, 1.82) is 0 Å². The maximum Gasteiger partial charge on any atom is 0.518 e. The summed E-state index contributed by atoms with van der Waals surface area (Å²) < 4.78 is 18.4. The van der Waals surface area contributed by atoms with Crippen LogP contribution in [0.1, 0.15) is 53.0 Å². The summed E-state index contributed by atoms with van der Waals surface area (Å²) >= 11 is 0. The molecule has 1 saturated carbocycles. The van der Waals surface area contributed by atoms with Gasteiger partial charge in [-0.25, -0.2) is 0 Å². The summed E-state index contributed by atoms with van der Waals surface area (Å²) in [5.41, 5.74) is 1.22. The molecule has 1 aliphatic heterocycles. The Labute approximate surface area is 127 Å². The number of aryl methyl sites for hydroxylation is 1. The predicted molar refractivity (Wildman–Crippen MR) is 83.0 cm³/mol. The largest absolute Gasteiger partial charge is 0.518 e. The zero-order valence-corrected chi connectivity index (χ0v) is 13.6. The third kappa shape index (κ3) is 2.69. The van der Waals surface area contributed by atoms with E-state index in [9.17, 15) is 0 Å². The van der Waals surface area contributed by atoms with Crippen LogP contribution in [0.25, 0.3) is 0 Å². The Kier molecular flexibility index (Phi) is 3.53. The summed E-state index contributed by atoms with van der Waals surface area (Å²) in [6.07, 6.45) is 5.32. The van der Waals surface area contributed by atoms with Crippen LogP contribution in [0, 0.1) is 0 Å². The van der Waals surface area contributed by atoms with Gasteiger partial charge in [-0.05, 0) is 58.6 Å². The number of hydrogen-bond acceptors (Lipinski definition) is 4. The van der Waals surface area contributed by atoms with E-state index in [1.807, 2.05) is 12.3 Å². The Hall–Kier alpha value is -1.07. The second kappa shape index (κ2) is 4.99. The smallest absolute Gasteiger partial charge is 0.489 e. The van der Waals surface area contributed by atoms with Gasteiger partial charge in [-0.1, -0.05) is 6.92 Å². The van der Waals surface area contributed by atoms with Crippen molar-refractivity contribution < 1.29 is 14.0 Å². The predicted octanol–water partition coefficient (Wildman–Crippen LogP) is 2.48. The highest BCUT2D eigenvalue weighted by Crippen LogP contribution is 2.37. The van der Waals surface area contributed by atoms with Gasteiger partial charge in [-0.2, -0.15) is 0 Å². The first kappa shape index (κ1) is 14.9. The van der Waals surface area contributed by atoms with Gasteiger partial charge in [0.2, 0.25) is 0 Å².